The zero-order valence-corrected chi connectivity index (χ0v) is 9.91. The van der Waals surface area contributed by atoms with Crippen LogP contribution in [0.25, 0.3) is 0 Å². The van der Waals surface area contributed by atoms with E-state index < -0.39 is 0 Å². The molecule has 1 aromatic rings. The highest BCUT2D eigenvalue weighted by Crippen LogP contribution is 2.18. The van der Waals surface area contributed by atoms with Crippen LogP contribution in [0, 0.1) is 0 Å². The maximum absolute atomic E-state index is 5.79. The molecule has 0 radical (unpaired) electrons. The SMILES string of the molecule is CC(N)CN1CCN(c2nccs2)CC1. The Labute approximate surface area is 94.7 Å². The molecule has 2 N–H and O–H groups in total. The van der Waals surface area contributed by atoms with Crippen LogP contribution in [0.5, 0.6) is 0 Å². The Balaban J connectivity index is 1.82. The minimum atomic E-state index is 0.274. The molecule has 0 spiro atoms. The topological polar surface area (TPSA) is 45.4 Å². The van der Waals surface area contributed by atoms with Crippen molar-refractivity contribution in [3.05, 3.63) is 11.6 Å². The van der Waals surface area contributed by atoms with E-state index in [9.17, 15) is 0 Å². The van der Waals surface area contributed by atoms with Gasteiger partial charge in [-0.15, -0.1) is 11.3 Å². The minimum absolute atomic E-state index is 0.274. The Kier molecular flexibility index (Phi) is 3.56. The summed E-state index contributed by atoms with van der Waals surface area (Å²) >= 11 is 1.72. The number of piperazine rings is 1. The van der Waals surface area contributed by atoms with Crippen LogP contribution in [0.3, 0.4) is 0 Å². The highest BCUT2D eigenvalue weighted by molar-refractivity contribution is 7.13. The molecule has 1 fully saturated rings. The first-order chi connectivity index (χ1) is 7.25. The molecule has 84 valence electrons. The maximum atomic E-state index is 5.79. The fourth-order valence-corrected chi connectivity index (χ4v) is 2.60. The first-order valence-corrected chi connectivity index (χ1v) is 6.26. The molecule has 0 aliphatic carbocycles. The summed E-state index contributed by atoms with van der Waals surface area (Å²) in [6.45, 7) is 7.40. The molecule has 1 atom stereocenters. The van der Waals surface area contributed by atoms with Gasteiger partial charge in [-0.1, -0.05) is 0 Å². The van der Waals surface area contributed by atoms with E-state index in [1.807, 2.05) is 11.6 Å². The number of rotatable bonds is 3. The lowest BCUT2D eigenvalue weighted by Gasteiger charge is -2.35. The molecule has 15 heavy (non-hydrogen) atoms. The molecule has 5 heteroatoms. The molecule has 1 aliphatic heterocycles. The number of aromatic nitrogens is 1. The van der Waals surface area contributed by atoms with Crippen molar-refractivity contribution < 1.29 is 0 Å². The molecule has 0 saturated carbocycles. The second-order valence-electron chi connectivity index (χ2n) is 4.08. The van der Waals surface area contributed by atoms with Crippen molar-refractivity contribution in [3.8, 4) is 0 Å². The van der Waals surface area contributed by atoms with Crippen molar-refractivity contribution in [2.45, 2.75) is 13.0 Å². The highest BCUT2D eigenvalue weighted by atomic mass is 32.1. The average Bonchev–Trinajstić information content (AvgIpc) is 2.71. The lowest BCUT2D eigenvalue weighted by atomic mass is 10.2. The number of thiazole rings is 1. The van der Waals surface area contributed by atoms with Crippen LogP contribution in [0.1, 0.15) is 6.92 Å². The van der Waals surface area contributed by atoms with Crippen molar-refractivity contribution in [1.29, 1.82) is 0 Å². The second kappa shape index (κ2) is 4.92. The summed E-state index contributed by atoms with van der Waals surface area (Å²) in [5, 5.41) is 3.18. The highest BCUT2D eigenvalue weighted by Gasteiger charge is 2.18. The second-order valence-corrected chi connectivity index (χ2v) is 4.95. The van der Waals surface area contributed by atoms with Crippen LogP contribution in [0.15, 0.2) is 11.6 Å². The Hall–Kier alpha value is -0.650. The predicted molar refractivity (Wildman–Crippen MR) is 64.4 cm³/mol. The fraction of sp³-hybridized carbons (Fsp3) is 0.700. The smallest absolute Gasteiger partial charge is 0.185 e. The number of nitrogens with two attached hydrogens (primary N) is 1. The maximum Gasteiger partial charge on any atom is 0.185 e. The molecule has 4 nitrogen and oxygen atoms in total. The van der Waals surface area contributed by atoms with Crippen LogP contribution in [-0.4, -0.2) is 48.6 Å². The summed E-state index contributed by atoms with van der Waals surface area (Å²) in [5.74, 6) is 0. The summed E-state index contributed by atoms with van der Waals surface area (Å²) in [6, 6.07) is 0.274. The Morgan fingerprint density at radius 2 is 2.20 bits per heavy atom. The van der Waals surface area contributed by atoms with Gasteiger partial charge in [-0.05, 0) is 6.92 Å². The molecular formula is C10H18N4S. The Morgan fingerprint density at radius 1 is 1.47 bits per heavy atom. The van der Waals surface area contributed by atoms with Crippen LogP contribution < -0.4 is 10.6 Å². The first kappa shape index (κ1) is 10.9. The molecule has 0 aromatic carbocycles. The predicted octanol–water partition coefficient (Wildman–Crippen LogP) is 0.612. The van der Waals surface area contributed by atoms with Crippen molar-refractivity contribution in [2.75, 3.05) is 37.6 Å². The van der Waals surface area contributed by atoms with E-state index in [1.165, 1.54) is 0 Å². The molecule has 2 heterocycles. The standard InChI is InChI=1S/C10H18N4S/c1-9(11)8-13-3-5-14(6-4-13)10-12-2-7-15-10/h2,7,9H,3-6,8,11H2,1H3. The Morgan fingerprint density at radius 3 is 2.73 bits per heavy atom. The van der Waals surface area contributed by atoms with Gasteiger partial charge >= 0.3 is 0 Å². The molecular weight excluding hydrogens is 208 g/mol. The number of hydrogen-bond donors (Lipinski definition) is 1. The lowest BCUT2D eigenvalue weighted by molar-refractivity contribution is 0.247. The van der Waals surface area contributed by atoms with E-state index in [4.69, 9.17) is 5.73 Å². The van der Waals surface area contributed by atoms with Crippen molar-refractivity contribution in [1.82, 2.24) is 9.88 Å². The zero-order chi connectivity index (χ0) is 10.7. The molecule has 0 bridgehead atoms. The summed E-state index contributed by atoms with van der Waals surface area (Å²) in [7, 11) is 0. The minimum Gasteiger partial charge on any atom is -0.346 e. The Bertz CT molecular complexity index is 278. The van der Waals surface area contributed by atoms with Gasteiger partial charge in [-0.2, -0.15) is 0 Å². The van der Waals surface area contributed by atoms with Gasteiger partial charge in [0, 0.05) is 50.3 Å². The fourth-order valence-electron chi connectivity index (χ4n) is 1.90. The molecule has 0 amide bonds. The van der Waals surface area contributed by atoms with E-state index in [0.29, 0.717) is 0 Å². The molecule has 1 aliphatic rings. The van der Waals surface area contributed by atoms with Gasteiger partial charge in [0.1, 0.15) is 0 Å². The summed E-state index contributed by atoms with van der Waals surface area (Å²) in [5.41, 5.74) is 5.79. The molecule has 1 unspecified atom stereocenters. The van der Waals surface area contributed by atoms with Gasteiger partial charge in [0.25, 0.3) is 0 Å². The van der Waals surface area contributed by atoms with Crippen LogP contribution >= 0.6 is 11.3 Å². The van der Waals surface area contributed by atoms with Crippen molar-refractivity contribution >= 4 is 16.5 Å². The van der Waals surface area contributed by atoms with Gasteiger partial charge in [-0.25, -0.2) is 4.98 Å². The van der Waals surface area contributed by atoms with Gasteiger partial charge in [0.05, 0.1) is 0 Å². The van der Waals surface area contributed by atoms with Gasteiger partial charge in [-0.3, -0.25) is 4.90 Å². The third kappa shape index (κ3) is 2.90. The molecule has 2 rings (SSSR count). The monoisotopic (exact) mass is 226 g/mol. The number of nitrogens with zero attached hydrogens (tertiary/aromatic N) is 3. The van der Waals surface area contributed by atoms with E-state index in [0.717, 1.165) is 37.9 Å². The lowest BCUT2D eigenvalue weighted by Crippen LogP contribution is -2.49. The van der Waals surface area contributed by atoms with E-state index >= 15 is 0 Å². The largest absolute Gasteiger partial charge is 0.346 e. The number of anilines is 1. The zero-order valence-electron chi connectivity index (χ0n) is 9.09. The van der Waals surface area contributed by atoms with Gasteiger partial charge in [0.15, 0.2) is 5.13 Å². The first-order valence-electron chi connectivity index (χ1n) is 5.38. The third-order valence-electron chi connectivity index (χ3n) is 2.61. The number of hydrogen-bond acceptors (Lipinski definition) is 5. The average molecular weight is 226 g/mol. The third-order valence-corrected chi connectivity index (χ3v) is 3.44. The molecule has 1 aromatic heterocycles. The van der Waals surface area contributed by atoms with E-state index in [1.54, 1.807) is 11.3 Å². The quantitative estimate of drug-likeness (QED) is 0.820. The van der Waals surface area contributed by atoms with Crippen LogP contribution in [0.2, 0.25) is 0 Å². The summed E-state index contributed by atoms with van der Waals surface area (Å²) in [6.07, 6.45) is 1.87. The van der Waals surface area contributed by atoms with Gasteiger partial charge < -0.3 is 10.6 Å². The van der Waals surface area contributed by atoms with E-state index in [2.05, 4.69) is 21.7 Å². The van der Waals surface area contributed by atoms with Crippen LogP contribution in [-0.2, 0) is 0 Å². The van der Waals surface area contributed by atoms with Crippen molar-refractivity contribution in [2.24, 2.45) is 5.73 Å². The molecule has 1 saturated heterocycles. The normalized spacial score (nSPS) is 20.5. The van der Waals surface area contributed by atoms with Crippen LogP contribution in [0.4, 0.5) is 5.13 Å². The van der Waals surface area contributed by atoms with Gasteiger partial charge in [0.2, 0.25) is 0 Å². The van der Waals surface area contributed by atoms with Crippen molar-refractivity contribution in [3.63, 3.8) is 0 Å². The summed E-state index contributed by atoms with van der Waals surface area (Å²) in [4.78, 5) is 9.10. The summed E-state index contributed by atoms with van der Waals surface area (Å²) < 4.78 is 0. The van der Waals surface area contributed by atoms with E-state index in [-0.39, 0.29) is 6.04 Å².